The molecule has 1 unspecified atom stereocenters. The number of aryl methyl sites for hydroxylation is 2. The van der Waals surface area contributed by atoms with Crippen LogP contribution in [-0.4, -0.2) is 17.8 Å². The van der Waals surface area contributed by atoms with Crippen LogP contribution in [-0.2, 0) is 5.54 Å². The monoisotopic (exact) mass is 222 g/mol. The topological polar surface area (TPSA) is 15.6 Å². The Morgan fingerprint density at radius 1 is 1.40 bits per heavy atom. The molecule has 0 saturated carbocycles. The Kier molecular flexibility index (Phi) is 2.38. The molecular formula is C12H18N2S. The largest absolute Gasteiger partial charge is 0.289 e. The number of hydrogen-bond acceptors (Lipinski definition) is 3. The van der Waals surface area contributed by atoms with E-state index in [1.807, 2.05) is 11.3 Å². The lowest BCUT2D eigenvalue weighted by Gasteiger charge is -2.31. The molecule has 1 atom stereocenters. The van der Waals surface area contributed by atoms with E-state index in [1.165, 1.54) is 21.0 Å². The number of hydrogen-bond donors (Lipinski definition) is 0. The summed E-state index contributed by atoms with van der Waals surface area (Å²) in [7, 11) is 2.07. The van der Waals surface area contributed by atoms with Crippen molar-refractivity contribution in [1.82, 2.24) is 5.01 Å². The van der Waals surface area contributed by atoms with Gasteiger partial charge in [0.15, 0.2) is 0 Å². The second-order valence-electron chi connectivity index (χ2n) is 4.64. The van der Waals surface area contributed by atoms with Gasteiger partial charge in [-0.1, -0.05) is 0 Å². The van der Waals surface area contributed by atoms with Crippen LogP contribution in [0.15, 0.2) is 11.2 Å². The highest BCUT2D eigenvalue weighted by molar-refractivity contribution is 7.12. The smallest absolute Gasteiger partial charge is 0.0859 e. The van der Waals surface area contributed by atoms with E-state index in [1.54, 1.807) is 0 Å². The molecule has 0 fully saturated rings. The average molecular weight is 222 g/mol. The number of rotatable bonds is 1. The summed E-state index contributed by atoms with van der Waals surface area (Å²) in [5.41, 5.74) is 2.73. The van der Waals surface area contributed by atoms with Crippen LogP contribution in [0.1, 0.15) is 35.6 Å². The molecule has 0 bridgehead atoms. The summed E-state index contributed by atoms with van der Waals surface area (Å²) in [6, 6.07) is 2.31. The van der Waals surface area contributed by atoms with Crippen molar-refractivity contribution in [3.05, 3.63) is 21.4 Å². The molecule has 0 aromatic carbocycles. The maximum absolute atomic E-state index is 4.52. The molecule has 15 heavy (non-hydrogen) atoms. The molecular weight excluding hydrogens is 204 g/mol. The third-order valence-corrected chi connectivity index (χ3v) is 4.22. The Bertz CT molecular complexity index is 419. The zero-order valence-electron chi connectivity index (χ0n) is 10.1. The van der Waals surface area contributed by atoms with Crippen molar-refractivity contribution < 1.29 is 0 Å². The minimum atomic E-state index is 0.0684. The van der Waals surface area contributed by atoms with Crippen LogP contribution in [0, 0.1) is 13.8 Å². The van der Waals surface area contributed by atoms with Gasteiger partial charge in [-0.3, -0.25) is 5.01 Å². The molecule has 0 amide bonds. The molecule has 0 spiro atoms. The van der Waals surface area contributed by atoms with Crippen LogP contribution in [0.5, 0.6) is 0 Å². The van der Waals surface area contributed by atoms with Crippen LogP contribution in [0.3, 0.4) is 0 Å². The standard InChI is InChI=1S/C12H18N2S/c1-8-7-12(4,14(5)13-8)11-6-9(2)15-10(11)3/h6H,7H2,1-5H3. The van der Waals surface area contributed by atoms with Gasteiger partial charge in [0.25, 0.3) is 0 Å². The molecule has 82 valence electrons. The molecule has 1 aromatic heterocycles. The zero-order chi connectivity index (χ0) is 11.2. The van der Waals surface area contributed by atoms with Crippen LogP contribution < -0.4 is 0 Å². The molecule has 3 heteroatoms. The predicted molar refractivity (Wildman–Crippen MR) is 66.6 cm³/mol. The Balaban J connectivity index is 2.43. The first-order chi connectivity index (χ1) is 6.93. The predicted octanol–water partition coefficient (Wildman–Crippen LogP) is 3.29. The van der Waals surface area contributed by atoms with Gasteiger partial charge < -0.3 is 0 Å². The van der Waals surface area contributed by atoms with Crippen molar-refractivity contribution in [3.8, 4) is 0 Å². The fourth-order valence-electron chi connectivity index (χ4n) is 2.45. The van der Waals surface area contributed by atoms with Crippen LogP contribution in [0.25, 0.3) is 0 Å². The van der Waals surface area contributed by atoms with E-state index in [-0.39, 0.29) is 5.54 Å². The first kappa shape index (κ1) is 10.7. The number of hydrazone groups is 1. The number of nitrogens with zero attached hydrogens (tertiary/aromatic N) is 2. The van der Waals surface area contributed by atoms with Gasteiger partial charge in [0.1, 0.15) is 0 Å². The maximum Gasteiger partial charge on any atom is 0.0859 e. The van der Waals surface area contributed by atoms with Crippen molar-refractivity contribution in [2.75, 3.05) is 7.05 Å². The minimum Gasteiger partial charge on any atom is -0.289 e. The van der Waals surface area contributed by atoms with Gasteiger partial charge in [0.2, 0.25) is 0 Å². The third kappa shape index (κ3) is 1.59. The van der Waals surface area contributed by atoms with E-state index >= 15 is 0 Å². The molecule has 0 saturated heterocycles. The molecule has 2 rings (SSSR count). The van der Waals surface area contributed by atoms with E-state index in [0.29, 0.717) is 0 Å². The minimum absolute atomic E-state index is 0.0684. The zero-order valence-corrected chi connectivity index (χ0v) is 10.9. The Labute approximate surface area is 95.6 Å². The molecule has 1 aromatic rings. The van der Waals surface area contributed by atoms with Crippen molar-refractivity contribution in [2.45, 2.75) is 39.7 Å². The van der Waals surface area contributed by atoms with E-state index in [0.717, 1.165) is 6.42 Å². The quantitative estimate of drug-likeness (QED) is 0.712. The van der Waals surface area contributed by atoms with Gasteiger partial charge in [0.05, 0.1) is 5.54 Å². The van der Waals surface area contributed by atoms with Gasteiger partial charge in [-0.15, -0.1) is 11.3 Å². The highest BCUT2D eigenvalue weighted by Crippen LogP contribution is 2.40. The summed E-state index contributed by atoms with van der Waals surface area (Å²) >= 11 is 1.88. The van der Waals surface area contributed by atoms with E-state index in [4.69, 9.17) is 0 Å². The normalized spacial score (nSPS) is 25.9. The van der Waals surface area contributed by atoms with Crippen LogP contribution >= 0.6 is 11.3 Å². The van der Waals surface area contributed by atoms with Crippen LogP contribution in [0.2, 0.25) is 0 Å². The Morgan fingerprint density at radius 2 is 2.07 bits per heavy atom. The second-order valence-corrected chi connectivity index (χ2v) is 6.10. The molecule has 1 aliphatic heterocycles. The summed E-state index contributed by atoms with van der Waals surface area (Å²) in [6.07, 6.45) is 1.04. The molecule has 0 radical (unpaired) electrons. The summed E-state index contributed by atoms with van der Waals surface area (Å²) in [4.78, 5) is 2.81. The number of thiophene rings is 1. The van der Waals surface area contributed by atoms with E-state index < -0.39 is 0 Å². The molecule has 1 aliphatic rings. The highest BCUT2D eigenvalue weighted by atomic mass is 32.1. The van der Waals surface area contributed by atoms with Gasteiger partial charge in [-0.25, -0.2) is 0 Å². The third-order valence-electron chi connectivity index (χ3n) is 3.26. The Hall–Kier alpha value is -0.830. The van der Waals surface area contributed by atoms with Crippen molar-refractivity contribution in [2.24, 2.45) is 5.10 Å². The highest BCUT2D eigenvalue weighted by Gasteiger charge is 2.38. The van der Waals surface area contributed by atoms with E-state index in [9.17, 15) is 0 Å². The lowest BCUT2D eigenvalue weighted by Crippen LogP contribution is -2.34. The molecule has 2 heterocycles. The SMILES string of the molecule is CC1=NN(C)C(C)(c2cc(C)sc2C)C1. The Morgan fingerprint density at radius 3 is 2.47 bits per heavy atom. The summed E-state index contributed by atoms with van der Waals surface area (Å²) in [5, 5.41) is 6.63. The van der Waals surface area contributed by atoms with Gasteiger partial charge >= 0.3 is 0 Å². The average Bonchev–Trinajstić information content (AvgIpc) is 2.55. The van der Waals surface area contributed by atoms with Crippen LogP contribution in [0.4, 0.5) is 0 Å². The summed E-state index contributed by atoms with van der Waals surface area (Å²) in [6.45, 7) is 8.77. The van der Waals surface area contributed by atoms with Gasteiger partial charge in [0, 0.05) is 28.9 Å². The van der Waals surface area contributed by atoms with E-state index in [2.05, 4.69) is 50.9 Å². The van der Waals surface area contributed by atoms with Crippen molar-refractivity contribution >= 4 is 17.0 Å². The lowest BCUT2D eigenvalue weighted by molar-refractivity contribution is 0.174. The molecule has 2 nitrogen and oxygen atoms in total. The fraction of sp³-hybridized carbons (Fsp3) is 0.583. The van der Waals surface area contributed by atoms with Crippen molar-refractivity contribution in [3.63, 3.8) is 0 Å². The first-order valence-corrected chi connectivity index (χ1v) is 6.10. The second kappa shape index (κ2) is 3.34. The first-order valence-electron chi connectivity index (χ1n) is 5.29. The van der Waals surface area contributed by atoms with Crippen molar-refractivity contribution in [1.29, 1.82) is 0 Å². The lowest BCUT2D eigenvalue weighted by atomic mass is 9.88. The van der Waals surface area contributed by atoms with Gasteiger partial charge in [-0.2, -0.15) is 5.10 Å². The summed E-state index contributed by atoms with van der Waals surface area (Å²) in [5.74, 6) is 0. The maximum atomic E-state index is 4.52. The fourth-order valence-corrected chi connectivity index (χ4v) is 3.50. The molecule has 0 N–H and O–H groups in total. The van der Waals surface area contributed by atoms with Gasteiger partial charge in [-0.05, 0) is 39.3 Å². The molecule has 0 aliphatic carbocycles. The summed E-state index contributed by atoms with van der Waals surface area (Å²) < 4.78 is 0.